The van der Waals surface area contributed by atoms with Gasteiger partial charge in [0.15, 0.2) is 0 Å². The number of carbonyl (C=O) groups excluding carboxylic acids is 1. The summed E-state index contributed by atoms with van der Waals surface area (Å²) in [5.41, 5.74) is 7.05. The van der Waals surface area contributed by atoms with Gasteiger partial charge in [-0.2, -0.15) is 0 Å². The minimum atomic E-state index is -0.0477. The van der Waals surface area contributed by atoms with Crippen LogP contribution in [0, 0.1) is 5.92 Å². The molecule has 0 radical (unpaired) electrons. The number of H-pyrrole nitrogens is 1. The number of nitrogens with zero attached hydrogens (tertiary/aromatic N) is 2. The fourth-order valence-electron chi connectivity index (χ4n) is 4.04. The molecule has 4 rings (SSSR count). The van der Waals surface area contributed by atoms with E-state index in [9.17, 15) is 9.59 Å². The highest BCUT2D eigenvalue weighted by atomic mass is 35.5. The number of aromatic nitrogens is 2. The Balaban J connectivity index is 0.00000210. The number of piperidine rings is 1. The average molecular weight is 411 g/mol. The van der Waals surface area contributed by atoms with Gasteiger partial charge in [0.25, 0.3) is 5.56 Å². The molecule has 148 valence electrons. The highest BCUT2D eigenvalue weighted by Gasteiger charge is 2.24. The molecule has 3 heterocycles. The third-order valence-electron chi connectivity index (χ3n) is 5.68. The third kappa shape index (κ3) is 4.20. The van der Waals surface area contributed by atoms with E-state index < -0.39 is 0 Å². The van der Waals surface area contributed by atoms with Gasteiger partial charge in [-0.25, -0.2) is 4.98 Å². The maximum absolute atomic E-state index is 12.6. The second-order valence-corrected chi connectivity index (χ2v) is 8.85. The van der Waals surface area contributed by atoms with Gasteiger partial charge in [-0.05, 0) is 43.6 Å². The van der Waals surface area contributed by atoms with Crippen LogP contribution >= 0.6 is 23.7 Å². The molecular formula is C19H27ClN4O2S. The lowest BCUT2D eigenvalue weighted by molar-refractivity contribution is -0.132. The summed E-state index contributed by atoms with van der Waals surface area (Å²) in [4.78, 5) is 36.6. The topological polar surface area (TPSA) is 92.1 Å². The van der Waals surface area contributed by atoms with E-state index in [0.29, 0.717) is 24.6 Å². The molecule has 2 aliphatic rings. The maximum atomic E-state index is 12.6. The molecule has 6 nitrogen and oxygen atoms in total. The van der Waals surface area contributed by atoms with Crippen LogP contribution in [0.15, 0.2) is 4.79 Å². The van der Waals surface area contributed by atoms with E-state index in [2.05, 4.69) is 16.9 Å². The van der Waals surface area contributed by atoms with Crippen LogP contribution < -0.4 is 11.3 Å². The lowest BCUT2D eigenvalue weighted by atomic mass is 9.89. The first-order valence-electron chi connectivity index (χ1n) is 9.58. The van der Waals surface area contributed by atoms with Gasteiger partial charge in [0.1, 0.15) is 10.7 Å². The maximum Gasteiger partial charge on any atom is 0.259 e. The Hall–Kier alpha value is -1.44. The largest absolute Gasteiger partial charge is 0.343 e. The van der Waals surface area contributed by atoms with Crippen molar-refractivity contribution >= 4 is 39.9 Å². The van der Waals surface area contributed by atoms with Crippen LogP contribution in [0.4, 0.5) is 0 Å². The standard InChI is InChI=1S/C19H26N4O2S.ClH/c1-11-2-3-13-14(10-11)26-19-17(13)18(25)21-15(22-19)4-5-16(24)23-8-6-12(20)7-9-23;/h11-12H,2-10,20H2,1H3,(H,21,22,25);1H. The van der Waals surface area contributed by atoms with Crippen molar-refractivity contribution in [1.82, 2.24) is 14.9 Å². The highest BCUT2D eigenvalue weighted by Crippen LogP contribution is 2.35. The molecular weight excluding hydrogens is 384 g/mol. The van der Waals surface area contributed by atoms with Gasteiger partial charge in [-0.3, -0.25) is 9.59 Å². The number of thiophene rings is 1. The predicted molar refractivity (Wildman–Crippen MR) is 111 cm³/mol. The second-order valence-electron chi connectivity index (χ2n) is 7.76. The van der Waals surface area contributed by atoms with Crippen molar-refractivity contribution < 1.29 is 4.79 Å². The number of likely N-dealkylation sites (tertiary alicyclic amines) is 1. The van der Waals surface area contributed by atoms with Crippen molar-refractivity contribution in [3.8, 4) is 0 Å². The Kier molecular flexibility index (Phi) is 6.23. The molecule has 2 aromatic heterocycles. The number of aromatic amines is 1. The quantitative estimate of drug-likeness (QED) is 0.812. The van der Waals surface area contributed by atoms with Crippen LogP contribution in [-0.4, -0.2) is 39.9 Å². The van der Waals surface area contributed by atoms with Crippen molar-refractivity contribution in [2.75, 3.05) is 13.1 Å². The van der Waals surface area contributed by atoms with Gasteiger partial charge in [0, 0.05) is 36.9 Å². The first kappa shape index (κ1) is 20.3. The second kappa shape index (κ2) is 8.29. The van der Waals surface area contributed by atoms with Gasteiger partial charge >= 0.3 is 0 Å². The summed E-state index contributed by atoms with van der Waals surface area (Å²) in [6, 6.07) is 0.215. The molecule has 1 aliphatic carbocycles. The summed E-state index contributed by atoms with van der Waals surface area (Å²) in [5.74, 6) is 1.42. The molecule has 1 atom stereocenters. The van der Waals surface area contributed by atoms with E-state index in [4.69, 9.17) is 5.73 Å². The predicted octanol–water partition coefficient (Wildman–Crippen LogP) is 2.41. The van der Waals surface area contributed by atoms with Gasteiger partial charge < -0.3 is 15.6 Å². The number of amides is 1. The summed E-state index contributed by atoms with van der Waals surface area (Å²) in [6.45, 7) is 3.73. The van der Waals surface area contributed by atoms with Crippen LogP contribution in [0.2, 0.25) is 0 Å². The SMILES string of the molecule is CC1CCc2c(sc3nc(CCC(=O)N4CCC(N)CC4)[nH]c(=O)c23)C1.Cl. The van der Waals surface area contributed by atoms with E-state index in [1.165, 1.54) is 10.4 Å². The normalized spacial score (nSPS) is 20.4. The summed E-state index contributed by atoms with van der Waals surface area (Å²) in [6.07, 6.45) is 5.74. The number of aryl methyl sites for hydroxylation is 2. The molecule has 3 N–H and O–H groups in total. The van der Waals surface area contributed by atoms with Crippen molar-refractivity contribution in [2.45, 2.75) is 57.9 Å². The van der Waals surface area contributed by atoms with Gasteiger partial charge in [-0.15, -0.1) is 23.7 Å². The first-order chi connectivity index (χ1) is 12.5. The molecule has 1 unspecified atom stereocenters. The highest BCUT2D eigenvalue weighted by molar-refractivity contribution is 7.18. The Morgan fingerprint density at radius 1 is 1.33 bits per heavy atom. The summed E-state index contributed by atoms with van der Waals surface area (Å²) < 4.78 is 0. The van der Waals surface area contributed by atoms with E-state index in [1.807, 2.05) is 4.90 Å². The molecule has 1 saturated heterocycles. The lowest BCUT2D eigenvalue weighted by Gasteiger charge is -2.30. The summed E-state index contributed by atoms with van der Waals surface area (Å²) in [7, 11) is 0. The molecule has 0 saturated carbocycles. The van der Waals surface area contributed by atoms with Crippen molar-refractivity contribution in [3.05, 3.63) is 26.6 Å². The monoisotopic (exact) mass is 410 g/mol. The summed E-state index contributed by atoms with van der Waals surface area (Å²) in [5, 5.41) is 0.775. The third-order valence-corrected chi connectivity index (χ3v) is 6.83. The van der Waals surface area contributed by atoms with Crippen molar-refractivity contribution in [3.63, 3.8) is 0 Å². The molecule has 1 amide bonds. The smallest absolute Gasteiger partial charge is 0.259 e. The Morgan fingerprint density at radius 2 is 2.07 bits per heavy atom. The molecule has 8 heteroatoms. The van der Waals surface area contributed by atoms with Gasteiger partial charge in [0.05, 0.1) is 5.39 Å². The number of hydrogen-bond acceptors (Lipinski definition) is 5. The molecule has 0 spiro atoms. The van der Waals surface area contributed by atoms with Crippen LogP contribution in [0.1, 0.15) is 48.9 Å². The molecule has 1 fully saturated rings. The van der Waals surface area contributed by atoms with Crippen molar-refractivity contribution in [1.29, 1.82) is 0 Å². The molecule has 0 aromatic carbocycles. The fourth-order valence-corrected chi connectivity index (χ4v) is 5.45. The Morgan fingerprint density at radius 3 is 2.81 bits per heavy atom. The zero-order chi connectivity index (χ0) is 18.3. The average Bonchev–Trinajstić information content (AvgIpc) is 2.98. The molecule has 27 heavy (non-hydrogen) atoms. The van der Waals surface area contributed by atoms with Crippen LogP contribution in [0.3, 0.4) is 0 Å². The van der Waals surface area contributed by atoms with E-state index >= 15 is 0 Å². The number of nitrogens with two attached hydrogens (primary N) is 1. The van der Waals surface area contributed by atoms with E-state index in [-0.39, 0.29) is 29.9 Å². The minimum Gasteiger partial charge on any atom is -0.343 e. The zero-order valence-corrected chi connectivity index (χ0v) is 17.3. The number of rotatable bonds is 3. The van der Waals surface area contributed by atoms with Crippen LogP contribution in [0.5, 0.6) is 0 Å². The number of halogens is 1. The number of carbonyl (C=O) groups is 1. The number of hydrogen-bond donors (Lipinski definition) is 2. The van der Waals surface area contributed by atoms with Crippen LogP contribution in [-0.2, 0) is 24.1 Å². The Labute approximate surface area is 169 Å². The van der Waals surface area contributed by atoms with E-state index in [0.717, 1.165) is 55.4 Å². The molecule has 2 aromatic rings. The van der Waals surface area contributed by atoms with Gasteiger partial charge in [-0.1, -0.05) is 6.92 Å². The van der Waals surface area contributed by atoms with Crippen LogP contribution in [0.25, 0.3) is 10.2 Å². The lowest BCUT2D eigenvalue weighted by Crippen LogP contribution is -2.42. The zero-order valence-electron chi connectivity index (χ0n) is 15.6. The van der Waals surface area contributed by atoms with E-state index in [1.54, 1.807) is 11.3 Å². The number of nitrogens with one attached hydrogen (secondary N) is 1. The molecule has 0 bridgehead atoms. The van der Waals surface area contributed by atoms with Gasteiger partial charge in [0.2, 0.25) is 5.91 Å². The van der Waals surface area contributed by atoms with Crippen molar-refractivity contribution in [2.24, 2.45) is 11.7 Å². The Bertz CT molecular complexity index is 886. The summed E-state index contributed by atoms with van der Waals surface area (Å²) >= 11 is 1.65. The minimum absolute atomic E-state index is 0. The first-order valence-corrected chi connectivity index (χ1v) is 10.4. The number of fused-ring (bicyclic) bond motifs is 3. The fraction of sp³-hybridized carbons (Fsp3) is 0.632. The molecule has 1 aliphatic heterocycles.